The summed E-state index contributed by atoms with van der Waals surface area (Å²) in [6.07, 6.45) is 5.07. The summed E-state index contributed by atoms with van der Waals surface area (Å²) in [7, 11) is 8.90. The lowest BCUT2D eigenvalue weighted by Crippen LogP contribution is -2.07. The van der Waals surface area contributed by atoms with Crippen LogP contribution >= 0.6 is 0 Å². The highest BCUT2D eigenvalue weighted by Crippen LogP contribution is 2.33. The normalized spacial score (nSPS) is 9.51. The van der Waals surface area contributed by atoms with Crippen LogP contribution in [-0.2, 0) is 23.9 Å². The minimum atomic E-state index is -0.394. The number of methoxy groups -OCH3 is 6. The highest BCUT2D eigenvalue weighted by Gasteiger charge is 2.10. The molecule has 0 radical (unpaired) electrons. The van der Waals surface area contributed by atoms with Gasteiger partial charge in [0.15, 0.2) is 51.8 Å². The van der Waals surface area contributed by atoms with Crippen molar-refractivity contribution in [2.75, 3.05) is 75.7 Å². The number of phenols is 1. The fraction of sp³-hybridized carbons (Fsp3) is 0.423. The zero-order chi connectivity index (χ0) is 52.0. The van der Waals surface area contributed by atoms with Gasteiger partial charge >= 0.3 is 17.9 Å². The van der Waals surface area contributed by atoms with Gasteiger partial charge in [-0.15, -0.1) is 0 Å². The molecule has 17 nitrogen and oxygen atoms in total. The van der Waals surface area contributed by atoms with Gasteiger partial charge in [-0.05, 0) is 87.2 Å². The second-order valence-corrected chi connectivity index (χ2v) is 13.8. The fourth-order valence-electron chi connectivity index (χ4n) is 4.92. The van der Waals surface area contributed by atoms with Crippen molar-refractivity contribution in [2.24, 2.45) is 0 Å². The maximum absolute atomic E-state index is 11.1. The minimum absolute atomic E-state index is 0.0235. The van der Waals surface area contributed by atoms with Crippen molar-refractivity contribution in [3.8, 4) is 63.2 Å². The summed E-state index contributed by atoms with van der Waals surface area (Å²) < 4.78 is 61.5. The Labute approximate surface area is 407 Å². The van der Waals surface area contributed by atoms with Gasteiger partial charge in [-0.25, -0.2) is 4.79 Å². The summed E-state index contributed by atoms with van der Waals surface area (Å²) in [5.41, 5.74) is 0.635. The molecule has 0 unspecified atom stereocenters. The third kappa shape index (κ3) is 26.6. The number of ketones is 1. The number of hydrogen-bond donors (Lipinski definition) is 1. The molecule has 0 saturated carbocycles. The number of carbonyl (C=O) groups excluding carboxylic acids is 4. The third-order valence-corrected chi connectivity index (χ3v) is 8.27. The first kappa shape index (κ1) is 61.7. The molecule has 4 rings (SSSR count). The van der Waals surface area contributed by atoms with E-state index in [1.54, 1.807) is 95.2 Å². The Balaban J connectivity index is 0.000000864. The van der Waals surface area contributed by atoms with Crippen LogP contribution in [0, 0.1) is 0 Å². The number of aromatic hydroxyl groups is 1. The number of rotatable bonds is 23. The molecule has 0 fully saturated rings. The lowest BCUT2D eigenvalue weighted by Gasteiger charge is -2.12. The molecule has 0 atom stereocenters. The Morgan fingerprint density at radius 3 is 1.28 bits per heavy atom. The predicted molar refractivity (Wildman–Crippen MR) is 262 cm³/mol. The van der Waals surface area contributed by atoms with Crippen molar-refractivity contribution in [1.29, 1.82) is 0 Å². The summed E-state index contributed by atoms with van der Waals surface area (Å²) in [6.45, 7) is 17.0. The number of carbonyl (C=O) groups is 4. The Bertz CT molecular complexity index is 2100. The smallest absolute Gasteiger partial charge is 0.329 e. The molecule has 0 bridgehead atoms. The van der Waals surface area contributed by atoms with Crippen LogP contribution in [0.25, 0.3) is 0 Å². The molecular formula is C52H72O17. The van der Waals surface area contributed by atoms with Crippen LogP contribution in [-0.4, -0.2) is 104 Å². The largest absolute Gasteiger partial charge is 0.508 e. The van der Waals surface area contributed by atoms with Crippen molar-refractivity contribution in [2.45, 2.75) is 73.6 Å². The summed E-state index contributed by atoms with van der Waals surface area (Å²) in [4.78, 5) is 42.7. The molecule has 0 aliphatic rings. The van der Waals surface area contributed by atoms with E-state index < -0.39 is 5.97 Å². The molecule has 17 heteroatoms. The summed E-state index contributed by atoms with van der Waals surface area (Å²) >= 11 is 0. The van der Waals surface area contributed by atoms with Gasteiger partial charge in [0.1, 0.15) is 17.2 Å². The van der Waals surface area contributed by atoms with E-state index in [1.807, 2.05) is 27.7 Å². The standard InChI is InChI=1S/C14H20O5.C12H16O4.C12H16O3.C10H14O3.C4H6O2/c1-4-8-19-12-6-5-11(10-13(12)16-2)18-9-7-14(15)17-3;1-4-7-15-11-6-5-10(16-9(2)13)8-12(11)14-3;1-4-7-15-11-6-5-10(9(2)13)8-12(11)14-3;1-3-6-13-9-5-4-8(11)7-10(9)12-2;1-3-4(5)6-2/h5-6,10H,4,7-9H2,1-3H3;5-6,8H,4,7H2,1-3H3;5-6,8H,4,7H2,1-3H3;4-5,7,11H,3,6H2,1-2H3;3H,1H2,2H3. The number of Topliss-reactive ketones (excluding diaryl/α,β-unsaturated/α-hetero) is 1. The van der Waals surface area contributed by atoms with E-state index in [0.717, 1.165) is 31.8 Å². The third-order valence-electron chi connectivity index (χ3n) is 8.27. The van der Waals surface area contributed by atoms with Gasteiger partial charge < -0.3 is 61.9 Å². The molecule has 382 valence electrons. The molecule has 0 spiro atoms. The van der Waals surface area contributed by atoms with Gasteiger partial charge in [0.2, 0.25) is 0 Å². The predicted octanol–water partition coefficient (Wildman–Crippen LogP) is 10.1. The summed E-state index contributed by atoms with van der Waals surface area (Å²) in [5, 5.41) is 9.16. The van der Waals surface area contributed by atoms with E-state index in [-0.39, 0.29) is 36.5 Å². The van der Waals surface area contributed by atoms with E-state index in [0.29, 0.717) is 89.5 Å². The zero-order valence-electron chi connectivity index (χ0n) is 42.3. The maximum Gasteiger partial charge on any atom is 0.329 e. The number of benzene rings is 4. The van der Waals surface area contributed by atoms with E-state index >= 15 is 0 Å². The van der Waals surface area contributed by atoms with Gasteiger partial charge in [0.25, 0.3) is 0 Å². The van der Waals surface area contributed by atoms with Crippen LogP contribution in [0.3, 0.4) is 0 Å². The van der Waals surface area contributed by atoms with Crippen LogP contribution in [0.15, 0.2) is 85.5 Å². The van der Waals surface area contributed by atoms with Gasteiger partial charge in [-0.1, -0.05) is 34.3 Å². The first-order valence-corrected chi connectivity index (χ1v) is 22.2. The highest BCUT2D eigenvalue weighted by atomic mass is 16.6. The second kappa shape index (κ2) is 37.8. The van der Waals surface area contributed by atoms with Crippen molar-refractivity contribution >= 4 is 23.7 Å². The molecule has 0 aromatic heterocycles. The summed E-state index contributed by atoms with van der Waals surface area (Å²) in [6, 6.07) is 20.4. The SMILES string of the molecule is C=CC(=O)OC.CCCOc1ccc(C(C)=O)cc1OC.CCCOc1ccc(O)cc1OC.CCCOc1ccc(OC(C)=O)cc1OC.CCCOc1ccc(OCCC(=O)OC)cc1OC. The van der Waals surface area contributed by atoms with Crippen molar-refractivity contribution in [1.82, 2.24) is 0 Å². The molecule has 4 aromatic rings. The Morgan fingerprint density at radius 1 is 0.493 bits per heavy atom. The Hall–Kier alpha value is -7.30. The number of hydrogen-bond acceptors (Lipinski definition) is 17. The number of esters is 3. The first-order chi connectivity index (χ1) is 33.1. The van der Waals surface area contributed by atoms with Crippen LogP contribution in [0.2, 0.25) is 0 Å². The zero-order valence-corrected chi connectivity index (χ0v) is 42.3. The van der Waals surface area contributed by atoms with Crippen LogP contribution in [0.1, 0.15) is 84.0 Å². The summed E-state index contributed by atoms with van der Waals surface area (Å²) in [5.74, 6) is 5.28. The maximum atomic E-state index is 11.1. The van der Waals surface area contributed by atoms with E-state index in [9.17, 15) is 19.2 Å². The molecule has 0 saturated heterocycles. The number of ether oxygens (including phenoxy) is 12. The molecule has 0 aliphatic carbocycles. The van der Waals surface area contributed by atoms with Crippen LogP contribution < -0.4 is 47.4 Å². The quantitative estimate of drug-likeness (QED) is 0.0318. The van der Waals surface area contributed by atoms with Crippen LogP contribution in [0.4, 0.5) is 0 Å². The van der Waals surface area contributed by atoms with Crippen molar-refractivity contribution < 1.29 is 81.1 Å². The second-order valence-electron chi connectivity index (χ2n) is 13.8. The van der Waals surface area contributed by atoms with Gasteiger partial charge in [-0.2, -0.15) is 0 Å². The molecule has 0 aliphatic heterocycles. The monoisotopic (exact) mass is 968 g/mol. The molecule has 69 heavy (non-hydrogen) atoms. The number of phenolic OH excluding ortho intramolecular Hbond substituents is 1. The Kier molecular flexibility index (Phi) is 33.8. The van der Waals surface area contributed by atoms with Gasteiger partial charge in [0.05, 0.1) is 82.1 Å². The van der Waals surface area contributed by atoms with Crippen molar-refractivity contribution in [3.05, 3.63) is 91.0 Å². The molecular weight excluding hydrogens is 897 g/mol. The average Bonchev–Trinajstić information content (AvgIpc) is 3.36. The van der Waals surface area contributed by atoms with E-state index in [4.69, 9.17) is 52.5 Å². The van der Waals surface area contributed by atoms with Gasteiger partial charge in [0, 0.05) is 36.8 Å². The topological polar surface area (TPSA) is 199 Å². The Morgan fingerprint density at radius 2 is 0.899 bits per heavy atom. The van der Waals surface area contributed by atoms with E-state index in [1.165, 1.54) is 34.1 Å². The van der Waals surface area contributed by atoms with E-state index in [2.05, 4.69) is 16.1 Å². The molecule has 0 amide bonds. The highest BCUT2D eigenvalue weighted by molar-refractivity contribution is 5.94. The molecule has 4 aromatic carbocycles. The average molecular weight is 969 g/mol. The minimum Gasteiger partial charge on any atom is -0.508 e. The molecule has 1 N–H and O–H groups in total. The fourth-order valence-corrected chi connectivity index (χ4v) is 4.92. The lowest BCUT2D eigenvalue weighted by molar-refractivity contribution is -0.141. The van der Waals surface area contributed by atoms with Crippen molar-refractivity contribution in [3.63, 3.8) is 0 Å². The first-order valence-electron chi connectivity index (χ1n) is 22.2. The molecule has 0 heterocycles. The lowest BCUT2D eigenvalue weighted by atomic mass is 10.1. The van der Waals surface area contributed by atoms with Crippen LogP contribution in [0.5, 0.6) is 63.2 Å². The van der Waals surface area contributed by atoms with Gasteiger partial charge in [-0.3, -0.25) is 14.4 Å².